The van der Waals surface area contributed by atoms with E-state index in [1.54, 1.807) is 0 Å². The maximum atomic E-state index is 5.81. The highest BCUT2D eigenvalue weighted by molar-refractivity contribution is 7.80. The molecule has 1 aliphatic rings. The molecule has 1 unspecified atom stereocenters. The van der Waals surface area contributed by atoms with Crippen LogP contribution in [0, 0.1) is 0 Å². The van der Waals surface area contributed by atoms with Gasteiger partial charge in [-0.25, -0.2) is 0 Å². The van der Waals surface area contributed by atoms with E-state index in [4.69, 9.17) is 18.0 Å². The predicted octanol–water partition coefficient (Wildman–Crippen LogP) is 0.247. The van der Waals surface area contributed by atoms with Crippen molar-refractivity contribution < 1.29 is 0 Å². The number of nitrogens with zero attached hydrogens (tertiary/aromatic N) is 1. The van der Waals surface area contributed by atoms with Gasteiger partial charge in [-0.2, -0.15) is 0 Å². The molecule has 1 saturated heterocycles. The minimum Gasteiger partial charge on any atom is -0.392 e. The second kappa shape index (κ2) is 4.74. The summed E-state index contributed by atoms with van der Waals surface area (Å²) in [6, 6.07) is 4.06. The van der Waals surface area contributed by atoms with E-state index in [9.17, 15) is 0 Å². The van der Waals surface area contributed by atoms with Gasteiger partial charge in [0.1, 0.15) is 6.04 Å². The van der Waals surface area contributed by atoms with E-state index in [-0.39, 0.29) is 6.04 Å². The van der Waals surface area contributed by atoms with Gasteiger partial charge in [0, 0.05) is 38.1 Å². The third kappa shape index (κ3) is 2.37. The zero-order valence-corrected chi connectivity index (χ0v) is 9.39. The fourth-order valence-corrected chi connectivity index (χ4v) is 2.26. The van der Waals surface area contributed by atoms with Gasteiger partial charge >= 0.3 is 0 Å². The van der Waals surface area contributed by atoms with Crippen LogP contribution in [0.25, 0.3) is 0 Å². The maximum Gasteiger partial charge on any atom is 0.101 e. The van der Waals surface area contributed by atoms with E-state index >= 15 is 0 Å². The van der Waals surface area contributed by atoms with Gasteiger partial charge in [-0.15, -0.1) is 0 Å². The molecule has 0 spiro atoms. The molecule has 0 amide bonds. The van der Waals surface area contributed by atoms with Gasteiger partial charge in [0.15, 0.2) is 0 Å². The highest BCUT2D eigenvalue weighted by Crippen LogP contribution is 2.19. The number of nitrogens with two attached hydrogens (primary N) is 1. The summed E-state index contributed by atoms with van der Waals surface area (Å²) in [6.07, 6.45) is 1.91. The van der Waals surface area contributed by atoms with Crippen LogP contribution in [-0.4, -0.2) is 41.1 Å². The van der Waals surface area contributed by atoms with Crippen LogP contribution >= 0.6 is 12.2 Å². The molecule has 1 aliphatic heterocycles. The summed E-state index contributed by atoms with van der Waals surface area (Å²) >= 11 is 5.14. The van der Waals surface area contributed by atoms with Crippen molar-refractivity contribution >= 4 is 17.2 Å². The Hall–Kier alpha value is -0.910. The molecular formula is C10H16N4S. The van der Waals surface area contributed by atoms with Gasteiger partial charge in [0.05, 0.1) is 4.99 Å². The number of H-pyrrole nitrogens is 1. The first kappa shape index (κ1) is 10.6. The molecule has 4 nitrogen and oxygen atoms in total. The molecule has 0 saturated carbocycles. The topological polar surface area (TPSA) is 57.1 Å². The lowest BCUT2D eigenvalue weighted by Gasteiger charge is -2.33. The normalized spacial score (nSPS) is 20.0. The van der Waals surface area contributed by atoms with Gasteiger partial charge in [-0.3, -0.25) is 4.90 Å². The molecule has 1 fully saturated rings. The third-order valence-corrected chi connectivity index (χ3v) is 2.93. The van der Waals surface area contributed by atoms with Crippen LogP contribution in [0.1, 0.15) is 11.7 Å². The molecule has 0 radical (unpaired) electrons. The number of rotatable bonds is 3. The Balaban J connectivity index is 2.15. The summed E-state index contributed by atoms with van der Waals surface area (Å²) in [4.78, 5) is 6.04. The molecule has 1 aromatic rings. The molecule has 1 aromatic heterocycles. The van der Waals surface area contributed by atoms with E-state index in [2.05, 4.69) is 15.2 Å². The number of hydrogen-bond acceptors (Lipinski definition) is 3. The van der Waals surface area contributed by atoms with Crippen LogP contribution in [0.15, 0.2) is 18.3 Å². The van der Waals surface area contributed by atoms with E-state index in [0.717, 1.165) is 31.9 Å². The number of piperazine rings is 1. The number of hydrogen-bond donors (Lipinski definition) is 3. The highest BCUT2D eigenvalue weighted by Gasteiger charge is 2.24. The first-order valence-electron chi connectivity index (χ1n) is 5.16. The second-order valence-corrected chi connectivity index (χ2v) is 4.19. The third-order valence-electron chi connectivity index (χ3n) is 2.70. The fourth-order valence-electron chi connectivity index (χ4n) is 1.98. The van der Waals surface area contributed by atoms with Crippen LogP contribution in [-0.2, 0) is 0 Å². The largest absolute Gasteiger partial charge is 0.392 e. The summed E-state index contributed by atoms with van der Waals surface area (Å²) in [5.74, 6) is 0. The number of aromatic amines is 1. The Labute approximate surface area is 94.8 Å². The average Bonchev–Trinajstić information content (AvgIpc) is 2.72. The average molecular weight is 224 g/mol. The second-order valence-electron chi connectivity index (χ2n) is 3.72. The van der Waals surface area contributed by atoms with E-state index in [1.807, 2.05) is 18.3 Å². The molecule has 0 aliphatic carbocycles. The van der Waals surface area contributed by atoms with Crippen molar-refractivity contribution in [2.75, 3.05) is 26.2 Å². The zero-order chi connectivity index (χ0) is 10.7. The Morgan fingerprint density at radius 2 is 2.20 bits per heavy atom. The summed E-state index contributed by atoms with van der Waals surface area (Å²) in [5.41, 5.74) is 6.90. The van der Waals surface area contributed by atoms with Crippen molar-refractivity contribution in [1.29, 1.82) is 0 Å². The Kier molecular flexibility index (Phi) is 3.35. The lowest BCUT2D eigenvalue weighted by atomic mass is 10.1. The lowest BCUT2D eigenvalue weighted by Crippen LogP contribution is -2.48. The van der Waals surface area contributed by atoms with Crippen molar-refractivity contribution in [3.05, 3.63) is 24.0 Å². The Bertz CT molecular complexity index is 316. The molecule has 15 heavy (non-hydrogen) atoms. The van der Waals surface area contributed by atoms with Crippen LogP contribution in [0.4, 0.5) is 0 Å². The standard InChI is InChI=1S/C10H16N4S/c11-10(15)9(8-2-1-3-13-8)14-6-4-12-5-7-14/h1-3,9,12-13H,4-7H2,(H2,11,15). The molecule has 2 rings (SSSR count). The van der Waals surface area contributed by atoms with Crippen molar-refractivity contribution in [2.24, 2.45) is 5.73 Å². The van der Waals surface area contributed by atoms with Crippen molar-refractivity contribution in [2.45, 2.75) is 6.04 Å². The first-order valence-corrected chi connectivity index (χ1v) is 5.57. The zero-order valence-electron chi connectivity index (χ0n) is 8.57. The van der Waals surface area contributed by atoms with Gasteiger partial charge in [-0.1, -0.05) is 12.2 Å². The predicted molar refractivity (Wildman–Crippen MR) is 64.8 cm³/mol. The van der Waals surface area contributed by atoms with Gasteiger partial charge in [-0.05, 0) is 12.1 Å². The quantitative estimate of drug-likeness (QED) is 0.644. The van der Waals surface area contributed by atoms with Crippen molar-refractivity contribution in [1.82, 2.24) is 15.2 Å². The highest BCUT2D eigenvalue weighted by atomic mass is 32.1. The maximum absolute atomic E-state index is 5.81. The molecule has 0 aromatic carbocycles. The molecule has 2 heterocycles. The smallest absolute Gasteiger partial charge is 0.101 e. The molecule has 82 valence electrons. The summed E-state index contributed by atoms with van der Waals surface area (Å²) in [6.45, 7) is 3.97. The Morgan fingerprint density at radius 1 is 1.47 bits per heavy atom. The van der Waals surface area contributed by atoms with Gasteiger partial charge in [0.25, 0.3) is 0 Å². The molecular weight excluding hydrogens is 208 g/mol. The van der Waals surface area contributed by atoms with Crippen LogP contribution in [0.2, 0.25) is 0 Å². The van der Waals surface area contributed by atoms with Gasteiger partial charge in [0.2, 0.25) is 0 Å². The molecule has 0 bridgehead atoms. The summed E-state index contributed by atoms with van der Waals surface area (Å²) < 4.78 is 0. The SMILES string of the molecule is NC(=S)C(c1ccc[nH]1)N1CCNCC1. The van der Waals surface area contributed by atoms with E-state index in [1.165, 1.54) is 0 Å². The number of nitrogens with one attached hydrogen (secondary N) is 2. The number of aromatic nitrogens is 1. The van der Waals surface area contributed by atoms with E-state index < -0.39 is 0 Å². The minimum atomic E-state index is 0.0529. The van der Waals surface area contributed by atoms with Gasteiger partial charge < -0.3 is 16.0 Å². The monoisotopic (exact) mass is 224 g/mol. The van der Waals surface area contributed by atoms with Crippen LogP contribution in [0.5, 0.6) is 0 Å². The molecule has 5 heteroatoms. The van der Waals surface area contributed by atoms with Crippen molar-refractivity contribution in [3.63, 3.8) is 0 Å². The minimum absolute atomic E-state index is 0.0529. The summed E-state index contributed by atoms with van der Waals surface area (Å²) in [5, 5.41) is 3.32. The van der Waals surface area contributed by atoms with E-state index in [0.29, 0.717) is 4.99 Å². The lowest BCUT2D eigenvalue weighted by molar-refractivity contribution is 0.212. The fraction of sp³-hybridized carbons (Fsp3) is 0.500. The molecule has 1 atom stereocenters. The molecule has 4 N–H and O–H groups in total. The van der Waals surface area contributed by atoms with Crippen molar-refractivity contribution in [3.8, 4) is 0 Å². The summed E-state index contributed by atoms with van der Waals surface area (Å²) in [7, 11) is 0. The van der Waals surface area contributed by atoms with Crippen LogP contribution in [0.3, 0.4) is 0 Å². The van der Waals surface area contributed by atoms with Crippen LogP contribution < -0.4 is 11.1 Å². The first-order chi connectivity index (χ1) is 7.29. The Morgan fingerprint density at radius 3 is 2.73 bits per heavy atom. The number of thiocarbonyl (C=S) groups is 1.